The Morgan fingerprint density at radius 2 is 2.33 bits per heavy atom. The zero-order chi connectivity index (χ0) is 11.1. The van der Waals surface area contributed by atoms with E-state index in [0.29, 0.717) is 6.54 Å². The van der Waals surface area contributed by atoms with Crippen molar-refractivity contribution in [2.24, 2.45) is 5.73 Å². The lowest BCUT2D eigenvalue weighted by Crippen LogP contribution is -2.03. The van der Waals surface area contributed by atoms with Crippen LogP contribution in [0.3, 0.4) is 0 Å². The SMILES string of the molecule is COc1cccc(CC/C(=C/Cl)CN)c1. The summed E-state index contributed by atoms with van der Waals surface area (Å²) in [4.78, 5) is 0. The van der Waals surface area contributed by atoms with Crippen molar-refractivity contribution in [3.63, 3.8) is 0 Å². The third-order valence-electron chi connectivity index (χ3n) is 2.29. The number of hydrogen-bond acceptors (Lipinski definition) is 2. The zero-order valence-corrected chi connectivity index (χ0v) is 9.63. The molecule has 0 saturated heterocycles. The van der Waals surface area contributed by atoms with Gasteiger partial charge in [0.25, 0.3) is 0 Å². The van der Waals surface area contributed by atoms with Crippen molar-refractivity contribution in [1.29, 1.82) is 0 Å². The fourth-order valence-corrected chi connectivity index (χ4v) is 1.53. The molecule has 1 aromatic carbocycles. The van der Waals surface area contributed by atoms with Crippen molar-refractivity contribution in [1.82, 2.24) is 0 Å². The molecule has 0 saturated carbocycles. The molecule has 0 radical (unpaired) electrons. The van der Waals surface area contributed by atoms with E-state index in [1.54, 1.807) is 12.6 Å². The van der Waals surface area contributed by atoms with Gasteiger partial charge in [-0.25, -0.2) is 0 Å². The topological polar surface area (TPSA) is 35.2 Å². The van der Waals surface area contributed by atoms with Crippen molar-refractivity contribution in [2.45, 2.75) is 12.8 Å². The molecular weight excluding hydrogens is 210 g/mol. The average molecular weight is 226 g/mol. The molecule has 0 amide bonds. The van der Waals surface area contributed by atoms with Gasteiger partial charge in [-0.2, -0.15) is 0 Å². The average Bonchev–Trinajstić information content (AvgIpc) is 2.31. The van der Waals surface area contributed by atoms with Crippen molar-refractivity contribution in [2.75, 3.05) is 13.7 Å². The van der Waals surface area contributed by atoms with Gasteiger partial charge >= 0.3 is 0 Å². The van der Waals surface area contributed by atoms with E-state index in [1.807, 2.05) is 18.2 Å². The van der Waals surface area contributed by atoms with Crippen LogP contribution in [0.2, 0.25) is 0 Å². The van der Waals surface area contributed by atoms with Crippen LogP contribution in [-0.4, -0.2) is 13.7 Å². The lowest BCUT2D eigenvalue weighted by Gasteiger charge is -2.05. The van der Waals surface area contributed by atoms with Crippen LogP contribution in [0.15, 0.2) is 35.4 Å². The fourth-order valence-electron chi connectivity index (χ4n) is 1.33. The molecule has 0 bridgehead atoms. The minimum absolute atomic E-state index is 0.521. The zero-order valence-electron chi connectivity index (χ0n) is 8.87. The number of ether oxygens (including phenoxy) is 1. The van der Waals surface area contributed by atoms with Crippen LogP contribution >= 0.6 is 11.6 Å². The summed E-state index contributed by atoms with van der Waals surface area (Å²) in [5.41, 5.74) is 9.40. The van der Waals surface area contributed by atoms with E-state index in [0.717, 1.165) is 24.2 Å². The predicted molar refractivity (Wildman–Crippen MR) is 64.3 cm³/mol. The number of aryl methyl sites for hydroxylation is 1. The van der Waals surface area contributed by atoms with Gasteiger partial charge in [0.15, 0.2) is 0 Å². The van der Waals surface area contributed by atoms with Gasteiger partial charge in [0, 0.05) is 12.1 Å². The number of methoxy groups -OCH3 is 1. The summed E-state index contributed by atoms with van der Waals surface area (Å²) in [7, 11) is 1.67. The van der Waals surface area contributed by atoms with Gasteiger partial charge in [0.2, 0.25) is 0 Å². The van der Waals surface area contributed by atoms with Gasteiger partial charge in [-0.15, -0.1) is 0 Å². The predicted octanol–water partition coefficient (Wildman–Crippen LogP) is 2.71. The van der Waals surface area contributed by atoms with E-state index < -0.39 is 0 Å². The van der Waals surface area contributed by atoms with Crippen LogP contribution in [0.4, 0.5) is 0 Å². The van der Waals surface area contributed by atoms with Crippen LogP contribution in [0.25, 0.3) is 0 Å². The Balaban J connectivity index is 2.57. The highest BCUT2D eigenvalue weighted by Gasteiger charge is 1.98. The van der Waals surface area contributed by atoms with Crippen molar-refractivity contribution in [3.8, 4) is 5.75 Å². The maximum atomic E-state index is 5.63. The Labute approximate surface area is 95.7 Å². The molecule has 0 aliphatic carbocycles. The standard InChI is InChI=1S/C12H16ClNO/c1-15-12-4-2-3-10(7-12)5-6-11(8-13)9-14/h2-4,7-8H,5-6,9,14H2,1H3/b11-8-. The van der Waals surface area contributed by atoms with Crippen LogP contribution in [0.1, 0.15) is 12.0 Å². The Hall–Kier alpha value is -0.990. The summed E-state index contributed by atoms with van der Waals surface area (Å²) >= 11 is 5.63. The van der Waals surface area contributed by atoms with Gasteiger partial charge in [0.05, 0.1) is 7.11 Å². The van der Waals surface area contributed by atoms with Gasteiger partial charge in [-0.05, 0) is 36.1 Å². The van der Waals surface area contributed by atoms with Crippen molar-refractivity contribution >= 4 is 11.6 Å². The molecule has 0 fully saturated rings. The number of rotatable bonds is 5. The highest BCUT2D eigenvalue weighted by molar-refractivity contribution is 6.25. The Morgan fingerprint density at radius 3 is 2.93 bits per heavy atom. The second-order valence-corrected chi connectivity index (χ2v) is 3.54. The summed E-state index contributed by atoms with van der Waals surface area (Å²) in [5, 5.41) is 0. The highest BCUT2D eigenvalue weighted by Crippen LogP contribution is 2.15. The lowest BCUT2D eigenvalue weighted by molar-refractivity contribution is 0.414. The second kappa shape index (κ2) is 6.49. The first-order valence-corrected chi connectivity index (χ1v) is 5.35. The smallest absolute Gasteiger partial charge is 0.119 e. The monoisotopic (exact) mass is 225 g/mol. The molecule has 1 rings (SSSR count). The van der Waals surface area contributed by atoms with E-state index in [9.17, 15) is 0 Å². The molecular formula is C12H16ClNO. The molecule has 1 aromatic rings. The molecule has 82 valence electrons. The first-order chi connectivity index (χ1) is 7.30. The Bertz CT molecular complexity index is 336. The number of benzene rings is 1. The molecule has 3 heteroatoms. The number of hydrogen-bond donors (Lipinski definition) is 1. The van der Waals surface area contributed by atoms with Gasteiger partial charge in [-0.1, -0.05) is 23.7 Å². The summed E-state index contributed by atoms with van der Waals surface area (Å²) < 4.78 is 5.15. The van der Waals surface area contributed by atoms with Crippen LogP contribution in [-0.2, 0) is 6.42 Å². The summed E-state index contributed by atoms with van der Waals surface area (Å²) in [6, 6.07) is 8.03. The van der Waals surface area contributed by atoms with Crippen LogP contribution in [0, 0.1) is 0 Å². The number of nitrogens with two attached hydrogens (primary N) is 1. The third kappa shape index (κ3) is 3.94. The molecule has 0 unspecified atom stereocenters. The first-order valence-electron chi connectivity index (χ1n) is 4.91. The normalized spacial score (nSPS) is 11.5. The van der Waals surface area contributed by atoms with Crippen LogP contribution < -0.4 is 10.5 Å². The molecule has 0 aromatic heterocycles. The maximum absolute atomic E-state index is 5.63. The fraction of sp³-hybridized carbons (Fsp3) is 0.333. The molecule has 0 heterocycles. The van der Waals surface area contributed by atoms with Gasteiger partial charge in [-0.3, -0.25) is 0 Å². The second-order valence-electron chi connectivity index (χ2n) is 3.32. The highest BCUT2D eigenvalue weighted by atomic mass is 35.5. The molecule has 2 nitrogen and oxygen atoms in total. The largest absolute Gasteiger partial charge is 0.497 e. The lowest BCUT2D eigenvalue weighted by atomic mass is 10.1. The van der Waals surface area contributed by atoms with Gasteiger partial charge in [0.1, 0.15) is 5.75 Å². The minimum atomic E-state index is 0.521. The van der Waals surface area contributed by atoms with Crippen LogP contribution in [0.5, 0.6) is 5.75 Å². The van der Waals surface area contributed by atoms with E-state index in [1.165, 1.54) is 5.56 Å². The first kappa shape index (κ1) is 12.1. The molecule has 0 aliphatic rings. The molecule has 0 atom stereocenters. The number of halogens is 1. The summed E-state index contributed by atoms with van der Waals surface area (Å²) in [6.45, 7) is 0.521. The van der Waals surface area contributed by atoms with E-state index in [4.69, 9.17) is 22.1 Å². The third-order valence-corrected chi connectivity index (χ3v) is 2.59. The molecule has 0 spiro atoms. The summed E-state index contributed by atoms with van der Waals surface area (Å²) in [6.07, 6.45) is 1.83. The Morgan fingerprint density at radius 1 is 1.53 bits per heavy atom. The minimum Gasteiger partial charge on any atom is -0.497 e. The Kier molecular flexibility index (Phi) is 5.22. The molecule has 2 N–H and O–H groups in total. The van der Waals surface area contributed by atoms with E-state index >= 15 is 0 Å². The maximum Gasteiger partial charge on any atom is 0.119 e. The molecule has 0 aliphatic heterocycles. The summed E-state index contributed by atoms with van der Waals surface area (Å²) in [5.74, 6) is 0.886. The quantitative estimate of drug-likeness (QED) is 0.837. The van der Waals surface area contributed by atoms with E-state index in [2.05, 4.69) is 6.07 Å². The van der Waals surface area contributed by atoms with E-state index in [-0.39, 0.29) is 0 Å². The molecule has 15 heavy (non-hydrogen) atoms. The van der Waals surface area contributed by atoms with Crippen molar-refractivity contribution < 1.29 is 4.74 Å². The van der Waals surface area contributed by atoms with Crippen molar-refractivity contribution in [3.05, 3.63) is 40.9 Å². The van der Waals surface area contributed by atoms with Gasteiger partial charge < -0.3 is 10.5 Å².